The SMILES string of the molecule is COc1cccc(C=Nc2c(CO)n(C)n(-c3ccccc3)c2=O)c1O. The molecule has 0 spiro atoms. The van der Waals surface area contributed by atoms with E-state index in [9.17, 15) is 15.0 Å². The summed E-state index contributed by atoms with van der Waals surface area (Å²) in [6.07, 6.45) is 1.38. The molecule has 0 aliphatic rings. The molecule has 3 rings (SSSR count). The minimum atomic E-state index is -0.360. The third-order valence-corrected chi connectivity index (χ3v) is 4.09. The molecular weight excluding hydrogens is 334 g/mol. The number of ether oxygens (including phenoxy) is 1. The molecule has 7 nitrogen and oxygen atoms in total. The van der Waals surface area contributed by atoms with Crippen molar-refractivity contribution in [1.82, 2.24) is 9.36 Å². The molecule has 0 radical (unpaired) electrons. The minimum Gasteiger partial charge on any atom is -0.504 e. The van der Waals surface area contributed by atoms with Crippen LogP contribution in [0.25, 0.3) is 5.69 Å². The molecule has 0 amide bonds. The number of rotatable bonds is 5. The largest absolute Gasteiger partial charge is 0.504 e. The Morgan fingerprint density at radius 1 is 1.15 bits per heavy atom. The van der Waals surface area contributed by atoms with Crippen molar-refractivity contribution in [2.75, 3.05) is 7.11 Å². The van der Waals surface area contributed by atoms with Gasteiger partial charge >= 0.3 is 0 Å². The first kappa shape index (κ1) is 17.5. The van der Waals surface area contributed by atoms with Gasteiger partial charge in [0.25, 0.3) is 5.56 Å². The number of benzene rings is 2. The third kappa shape index (κ3) is 3.00. The van der Waals surface area contributed by atoms with Gasteiger partial charge in [0.2, 0.25) is 0 Å². The molecule has 1 aromatic heterocycles. The number of aromatic nitrogens is 2. The summed E-state index contributed by atoms with van der Waals surface area (Å²) in [6, 6.07) is 14.1. The monoisotopic (exact) mass is 353 g/mol. The van der Waals surface area contributed by atoms with Gasteiger partial charge in [0.15, 0.2) is 17.2 Å². The summed E-state index contributed by atoms with van der Waals surface area (Å²) in [5.41, 5.74) is 1.20. The Kier molecular flexibility index (Phi) is 4.90. The van der Waals surface area contributed by atoms with E-state index in [1.54, 1.807) is 42.1 Å². The molecule has 0 saturated heterocycles. The molecule has 0 saturated carbocycles. The molecule has 0 bridgehead atoms. The van der Waals surface area contributed by atoms with Crippen molar-refractivity contribution in [3.63, 3.8) is 0 Å². The summed E-state index contributed by atoms with van der Waals surface area (Å²) < 4.78 is 8.07. The van der Waals surface area contributed by atoms with Crippen molar-refractivity contribution in [3.8, 4) is 17.2 Å². The number of nitrogens with zero attached hydrogens (tertiary/aromatic N) is 3. The average molecular weight is 353 g/mol. The fraction of sp³-hybridized carbons (Fsp3) is 0.158. The van der Waals surface area contributed by atoms with E-state index < -0.39 is 0 Å². The molecule has 3 aromatic rings. The lowest BCUT2D eigenvalue weighted by Gasteiger charge is -2.08. The highest BCUT2D eigenvalue weighted by atomic mass is 16.5. The van der Waals surface area contributed by atoms with Crippen LogP contribution in [0.15, 0.2) is 58.3 Å². The maximum atomic E-state index is 12.8. The Morgan fingerprint density at radius 2 is 1.88 bits per heavy atom. The Hall–Kier alpha value is -3.32. The van der Waals surface area contributed by atoms with E-state index in [2.05, 4.69) is 4.99 Å². The Balaban J connectivity index is 2.11. The number of para-hydroxylation sites is 2. The number of aliphatic hydroxyl groups excluding tert-OH is 1. The van der Waals surface area contributed by atoms with Crippen molar-refractivity contribution in [1.29, 1.82) is 0 Å². The first-order valence-electron chi connectivity index (χ1n) is 7.95. The van der Waals surface area contributed by atoms with Gasteiger partial charge < -0.3 is 14.9 Å². The second-order valence-electron chi connectivity index (χ2n) is 5.59. The number of phenols is 1. The number of phenolic OH excluding ortho intramolecular Hbond substituents is 1. The van der Waals surface area contributed by atoms with Crippen LogP contribution in [0.4, 0.5) is 5.69 Å². The number of aliphatic hydroxyl groups is 1. The first-order chi connectivity index (χ1) is 12.6. The molecule has 0 aliphatic heterocycles. The lowest BCUT2D eigenvalue weighted by atomic mass is 10.2. The summed E-state index contributed by atoms with van der Waals surface area (Å²) in [4.78, 5) is 17.1. The van der Waals surface area contributed by atoms with Crippen LogP contribution >= 0.6 is 0 Å². The Bertz CT molecular complexity index is 1000. The van der Waals surface area contributed by atoms with Gasteiger partial charge in [-0.3, -0.25) is 9.48 Å². The van der Waals surface area contributed by atoms with Gasteiger partial charge in [-0.25, -0.2) is 9.67 Å². The minimum absolute atomic E-state index is 0.0661. The summed E-state index contributed by atoms with van der Waals surface area (Å²) in [6.45, 7) is -0.345. The van der Waals surface area contributed by atoms with Gasteiger partial charge in [-0.05, 0) is 24.3 Å². The fourth-order valence-electron chi connectivity index (χ4n) is 2.74. The van der Waals surface area contributed by atoms with Gasteiger partial charge in [-0.2, -0.15) is 0 Å². The van der Waals surface area contributed by atoms with E-state index in [0.717, 1.165) is 0 Å². The molecule has 2 N–H and O–H groups in total. The van der Waals surface area contributed by atoms with E-state index in [-0.39, 0.29) is 23.6 Å². The highest BCUT2D eigenvalue weighted by Crippen LogP contribution is 2.28. The molecule has 2 aromatic carbocycles. The summed E-state index contributed by atoms with van der Waals surface area (Å²) >= 11 is 0. The quantitative estimate of drug-likeness (QED) is 0.688. The van der Waals surface area contributed by atoms with Crippen LogP contribution in [0.2, 0.25) is 0 Å². The highest BCUT2D eigenvalue weighted by Gasteiger charge is 2.18. The molecule has 0 aliphatic carbocycles. The lowest BCUT2D eigenvalue weighted by molar-refractivity contribution is 0.269. The van der Waals surface area contributed by atoms with Gasteiger partial charge in [0.05, 0.1) is 25.1 Å². The topological polar surface area (TPSA) is 89.0 Å². The average Bonchev–Trinajstić information content (AvgIpc) is 2.90. The van der Waals surface area contributed by atoms with Crippen LogP contribution in [0, 0.1) is 0 Å². The van der Waals surface area contributed by atoms with Crippen molar-refractivity contribution in [2.24, 2.45) is 12.0 Å². The van der Waals surface area contributed by atoms with Crippen molar-refractivity contribution in [3.05, 3.63) is 70.1 Å². The molecule has 1 heterocycles. The number of aliphatic imine (C=N–C) groups is 1. The first-order valence-corrected chi connectivity index (χ1v) is 7.95. The molecule has 26 heavy (non-hydrogen) atoms. The number of methoxy groups -OCH3 is 1. The second kappa shape index (κ2) is 7.28. The van der Waals surface area contributed by atoms with Crippen LogP contribution < -0.4 is 10.3 Å². The van der Waals surface area contributed by atoms with Crippen molar-refractivity contribution < 1.29 is 14.9 Å². The van der Waals surface area contributed by atoms with Crippen LogP contribution in [0.1, 0.15) is 11.3 Å². The maximum absolute atomic E-state index is 12.8. The zero-order valence-corrected chi connectivity index (χ0v) is 14.5. The zero-order valence-electron chi connectivity index (χ0n) is 14.5. The second-order valence-corrected chi connectivity index (χ2v) is 5.59. The third-order valence-electron chi connectivity index (χ3n) is 4.09. The Morgan fingerprint density at radius 3 is 2.54 bits per heavy atom. The van der Waals surface area contributed by atoms with E-state index >= 15 is 0 Å². The van der Waals surface area contributed by atoms with Crippen LogP contribution in [-0.4, -0.2) is 32.9 Å². The smallest absolute Gasteiger partial charge is 0.297 e. The molecule has 0 fully saturated rings. The van der Waals surface area contributed by atoms with Gasteiger partial charge in [-0.1, -0.05) is 24.3 Å². The molecule has 134 valence electrons. The van der Waals surface area contributed by atoms with Gasteiger partial charge in [0, 0.05) is 18.8 Å². The molecular formula is C19H19N3O4. The lowest BCUT2D eigenvalue weighted by Crippen LogP contribution is -2.19. The Labute approximate surface area is 150 Å². The molecule has 7 heteroatoms. The van der Waals surface area contributed by atoms with Crippen LogP contribution in [-0.2, 0) is 13.7 Å². The van der Waals surface area contributed by atoms with Crippen LogP contribution in [0.3, 0.4) is 0 Å². The van der Waals surface area contributed by atoms with E-state index in [1.165, 1.54) is 18.0 Å². The number of aromatic hydroxyl groups is 1. The standard InChI is InChI=1S/C19H19N3O4/c1-21-15(12-23)17(19(25)22(21)14-8-4-3-5-9-14)20-11-13-7-6-10-16(26-2)18(13)24/h3-11,23-24H,12H2,1-2H3. The fourth-order valence-corrected chi connectivity index (χ4v) is 2.74. The van der Waals surface area contributed by atoms with E-state index in [1.807, 2.05) is 18.2 Å². The molecule has 0 unspecified atom stereocenters. The summed E-state index contributed by atoms with van der Waals surface area (Å²) in [7, 11) is 3.14. The predicted octanol–water partition coefficient (Wildman–Crippen LogP) is 2.13. The van der Waals surface area contributed by atoms with E-state index in [4.69, 9.17) is 4.74 Å². The molecule has 0 atom stereocenters. The normalized spacial score (nSPS) is 11.2. The number of hydrogen-bond donors (Lipinski definition) is 2. The van der Waals surface area contributed by atoms with Crippen molar-refractivity contribution >= 4 is 11.9 Å². The maximum Gasteiger partial charge on any atom is 0.297 e. The highest BCUT2D eigenvalue weighted by molar-refractivity contribution is 5.86. The van der Waals surface area contributed by atoms with E-state index in [0.29, 0.717) is 22.7 Å². The van der Waals surface area contributed by atoms with Crippen LogP contribution in [0.5, 0.6) is 11.5 Å². The predicted molar refractivity (Wildman–Crippen MR) is 98.8 cm³/mol. The summed E-state index contributed by atoms with van der Waals surface area (Å²) in [5.74, 6) is 0.245. The van der Waals surface area contributed by atoms with Crippen molar-refractivity contribution in [2.45, 2.75) is 6.61 Å². The zero-order chi connectivity index (χ0) is 18.7. The summed E-state index contributed by atoms with van der Waals surface area (Å²) in [5, 5.41) is 19.8. The van der Waals surface area contributed by atoms with Gasteiger partial charge in [-0.15, -0.1) is 0 Å². The number of hydrogen-bond acceptors (Lipinski definition) is 5. The van der Waals surface area contributed by atoms with Gasteiger partial charge in [0.1, 0.15) is 0 Å².